The number of carboxylic acid groups (broad SMARTS) is 1. The van der Waals surface area contributed by atoms with Gasteiger partial charge < -0.3 is 19.3 Å². The summed E-state index contributed by atoms with van der Waals surface area (Å²) in [6.07, 6.45) is 0.660. The van der Waals surface area contributed by atoms with Crippen LogP contribution in [0.4, 0.5) is 0 Å². The predicted molar refractivity (Wildman–Crippen MR) is 74.2 cm³/mol. The maximum absolute atomic E-state index is 11.0. The molecule has 0 amide bonds. The van der Waals surface area contributed by atoms with E-state index >= 15 is 0 Å². The number of carbonyl (C=O) groups is 1. The molecule has 0 saturated carbocycles. The van der Waals surface area contributed by atoms with Crippen LogP contribution in [-0.2, 0) is 4.74 Å². The summed E-state index contributed by atoms with van der Waals surface area (Å²) in [4.78, 5) is 11.0. The Morgan fingerprint density at radius 1 is 1.42 bits per heavy atom. The number of carboxylic acids is 1. The van der Waals surface area contributed by atoms with Crippen LogP contribution in [0.5, 0.6) is 11.5 Å². The van der Waals surface area contributed by atoms with Gasteiger partial charge in [0.15, 0.2) is 11.5 Å². The van der Waals surface area contributed by atoms with E-state index in [0.29, 0.717) is 22.6 Å². The van der Waals surface area contributed by atoms with Gasteiger partial charge in [-0.1, -0.05) is 0 Å². The van der Waals surface area contributed by atoms with Crippen molar-refractivity contribution in [2.75, 3.05) is 20.8 Å². The second-order valence-corrected chi connectivity index (χ2v) is 4.86. The van der Waals surface area contributed by atoms with Crippen LogP contribution < -0.4 is 9.47 Å². The number of methoxy groups -OCH3 is 2. The van der Waals surface area contributed by atoms with E-state index in [1.807, 2.05) is 6.92 Å². The maximum atomic E-state index is 11.0. The summed E-state index contributed by atoms with van der Waals surface area (Å²) >= 11 is 3.30. The van der Waals surface area contributed by atoms with Crippen LogP contribution in [0.25, 0.3) is 0 Å². The Morgan fingerprint density at radius 2 is 2.11 bits per heavy atom. The minimum absolute atomic E-state index is 0.0687. The highest BCUT2D eigenvalue weighted by molar-refractivity contribution is 9.10. The van der Waals surface area contributed by atoms with Crippen molar-refractivity contribution in [3.63, 3.8) is 0 Å². The van der Waals surface area contributed by atoms with E-state index in [-0.39, 0.29) is 11.7 Å². The highest BCUT2D eigenvalue weighted by atomic mass is 79.9. The molecule has 0 aliphatic rings. The molecule has 6 heteroatoms. The van der Waals surface area contributed by atoms with Gasteiger partial charge in [0.1, 0.15) is 0 Å². The Hall–Kier alpha value is -1.27. The molecule has 0 aromatic heterocycles. The molecule has 1 atom stereocenters. The first-order valence-electron chi connectivity index (χ1n) is 5.76. The number of benzene rings is 1. The molecule has 1 N–H and O–H groups in total. The van der Waals surface area contributed by atoms with Crippen LogP contribution in [0.15, 0.2) is 16.6 Å². The minimum atomic E-state index is -1.02. The minimum Gasteiger partial charge on any atom is -0.493 e. The van der Waals surface area contributed by atoms with Crippen molar-refractivity contribution < 1.29 is 24.1 Å². The summed E-state index contributed by atoms with van der Waals surface area (Å²) in [6, 6.07) is 2.93. The maximum Gasteiger partial charge on any atom is 0.335 e. The van der Waals surface area contributed by atoms with E-state index in [4.69, 9.17) is 19.3 Å². The van der Waals surface area contributed by atoms with Gasteiger partial charge in [0.25, 0.3) is 0 Å². The molecule has 0 bridgehead atoms. The third-order valence-corrected chi connectivity index (χ3v) is 3.11. The molecule has 0 aliphatic heterocycles. The Bertz CT molecular complexity index is 447. The van der Waals surface area contributed by atoms with Gasteiger partial charge in [0.05, 0.1) is 23.2 Å². The number of hydrogen-bond donors (Lipinski definition) is 1. The smallest absolute Gasteiger partial charge is 0.335 e. The van der Waals surface area contributed by atoms with Crippen molar-refractivity contribution in [2.24, 2.45) is 0 Å². The van der Waals surface area contributed by atoms with Crippen molar-refractivity contribution >= 4 is 21.9 Å². The first kappa shape index (κ1) is 15.8. The molecule has 5 nitrogen and oxygen atoms in total. The van der Waals surface area contributed by atoms with Crippen LogP contribution in [0.1, 0.15) is 23.7 Å². The van der Waals surface area contributed by atoms with E-state index in [2.05, 4.69) is 15.9 Å². The monoisotopic (exact) mass is 332 g/mol. The average Bonchev–Trinajstić information content (AvgIpc) is 2.38. The van der Waals surface area contributed by atoms with Gasteiger partial charge in [-0.05, 0) is 35.0 Å². The first-order valence-corrected chi connectivity index (χ1v) is 6.55. The summed E-state index contributed by atoms with van der Waals surface area (Å²) in [5.74, 6) is -0.134. The lowest BCUT2D eigenvalue weighted by Gasteiger charge is -2.18. The molecule has 0 heterocycles. The van der Waals surface area contributed by atoms with Crippen molar-refractivity contribution in [3.8, 4) is 11.5 Å². The SMILES string of the molecule is COCCC(C)Oc1c(Br)cc(C(=O)O)cc1OC. The fourth-order valence-corrected chi connectivity index (χ4v) is 2.04. The molecule has 19 heavy (non-hydrogen) atoms. The molecule has 0 aliphatic carbocycles. The normalized spacial score (nSPS) is 12.0. The highest BCUT2D eigenvalue weighted by Gasteiger charge is 2.17. The Kier molecular flexibility index (Phi) is 6.11. The highest BCUT2D eigenvalue weighted by Crippen LogP contribution is 2.37. The van der Waals surface area contributed by atoms with Crippen LogP contribution in [-0.4, -0.2) is 38.0 Å². The molecule has 0 spiro atoms. The van der Waals surface area contributed by atoms with Crippen molar-refractivity contribution in [1.29, 1.82) is 0 Å². The molecule has 0 fully saturated rings. The number of aromatic carboxylic acids is 1. The topological polar surface area (TPSA) is 65.0 Å². The average molecular weight is 333 g/mol. The van der Waals surface area contributed by atoms with Gasteiger partial charge in [-0.15, -0.1) is 0 Å². The third kappa shape index (κ3) is 4.40. The number of ether oxygens (including phenoxy) is 3. The van der Waals surface area contributed by atoms with Crippen molar-refractivity contribution in [1.82, 2.24) is 0 Å². The molecule has 1 aromatic rings. The summed E-state index contributed by atoms with van der Waals surface area (Å²) in [5.41, 5.74) is 0.139. The van der Waals surface area contributed by atoms with Crippen LogP contribution in [0.3, 0.4) is 0 Å². The van der Waals surface area contributed by atoms with Gasteiger partial charge in [-0.25, -0.2) is 4.79 Å². The van der Waals surface area contributed by atoms with E-state index < -0.39 is 5.97 Å². The zero-order valence-electron chi connectivity index (χ0n) is 11.1. The Labute approximate surface area is 120 Å². The lowest BCUT2D eigenvalue weighted by atomic mass is 10.2. The van der Waals surface area contributed by atoms with Gasteiger partial charge in [0.2, 0.25) is 0 Å². The lowest BCUT2D eigenvalue weighted by Crippen LogP contribution is -2.15. The largest absolute Gasteiger partial charge is 0.493 e. The lowest BCUT2D eigenvalue weighted by molar-refractivity contribution is 0.0696. The predicted octanol–water partition coefficient (Wildman–Crippen LogP) is 2.96. The molecule has 0 radical (unpaired) electrons. The molecular weight excluding hydrogens is 316 g/mol. The second-order valence-electron chi connectivity index (χ2n) is 4.00. The number of halogens is 1. The molecule has 0 saturated heterocycles. The van der Waals surface area contributed by atoms with E-state index in [1.165, 1.54) is 19.2 Å². The Balaban J connectivity index is 2.96. The fraction of sp³-hybridized carbons (Fsp3) is 0.462. The van der Waals surface area contributed by atoms with Gasteiger partial charge in [0, 0.05) is 20.1 Å². The zero-order chi connectivity index (χ0) is 14.4. The fourth-order valence-electron chi connectivity index (χ4n) is 1.50. The second kappa shape index (κ2) is 7.35. The summed E-state index contributed by atoms with van der Waals surface area (Å²) in [5, 5.41) is 8.98. The summed E-state index contributed by atoms with van der Waals surface area (Å²) < 4.78 is 16.5. The van der Waals surface area contributed by atoms with Gasteiger partial charge in [-0.3, -0.25) is 0 Å². The quantitative estimate of drug-likeness (QED) is 0.831. The zero-order valence-corrected chi connectivity index (χ0v) is 12.7. The summed E-state index contributed by atoms with van der Waals surface area (Å²) in [6.45, 7) is 2.50. The number of hydrogen-bond acceptors (Lipinski definition) is 4. The third-order valence-electron chi connectivity index (χ3n) is 2.52. The molecule has 1 rings (SSSR count). The van der Waals surface area contributed by atoms with E-state index in [0.717, 1.165) is 6.42 Å². The van der Waals surface area contributed by atoms with Crippen LogP contribution in [0.2, 0.25) is 0 Å². The van der Waals surface area contributed by atoms with Crippen molar-refractivity contribution in [3.05, 3.63) is 22.2 Å². The van der Waals surface area contributed by atoms with Gasteiger partial charge >= 0.3 is 5.97 Å². The van der Waals surface area contributed by atoms with Crippen LogP contribution >= 0.6 is 15.9 Å². The number of rotatable bonds is 7. The summed E-state index contributed by atoms with van der Waals surface area (Å²) in [7, 11) is 3.10. The van der Waals surface area contributed by atoms with Gasteiger partial charge in [-0.2, -0.15) is 0 Å². The Morgan fingerprint density at radius 3 is 2.63 bits per heavy atom. The van der Waals surface area contributed by atoms with Crippen molar-refractivity contribution in [2.45, 2.75) is 19.4 Å². The first-order chi connectivity index (χ1) is 8.99. The molecule has 1 unspecified atom stereocenters. The standard InChI is InChI=1S/C13H17BrO5/c1-8(4-5-17-2)19-12-10(14)6-9(13(15)16)7-11(12)18-3/h6-8H,4-5H2,1-3H3,(H,15,16). The van der Waals surface area contributed by atoms with E-state index in [1.54, 1.807) is 7.11 Å². The molecule has 1 aromatic carbocycles. The van der Waals surface area contributed by atoms with E-state index in [9.17, 15) is 4.79 Å². The van der Waals surface area contributed by atoms with Crippen LogP contribution in [0, 0.1) is 0 Å². The molecular formula is C13H17BrO5. The molecule has 106 valence electrons.